The molecule has 0 aliphatic heterocycles. The monoisotopic (exact) mass is 303 g/mol. The van der Waals surface area contributed by atoms with Crippen LogP contribution in [0.5, 0.6) is 0 Å². The molecule has 0 amide bonds. The summed E-state index contributed by atoms with van der Waals surface area (Å²) in [6, 6.07) is 7.23. The van der Waals surface area contributed by atoms with Crippen LogP contribution in [0.4, 0.5) is 0 Å². The molecule has 0 saturated heterocycles. The van der Waals surface area contributed by atoms with Gasteiger partial charge >= 0.3 is 5.97 Å². The molecule has 20 heavy (non-hydrogen) atoms. The van der Waals surface area contributed by atoms with E-state index in [1.54, 1.807) is 12.1 Å². The third kappa shape index (κ3) is 5.46. The van der Waals surface area contributed by atoms with E-state index in [9.17, 15) is 4.79 Å². The number of halogens is 1. The molecule has 2 N–H and O–H groups in total. The molecule has 1 aromatic rings. The summed E-state index contributed by atoms with van der Waals surface area (Å²) in [5.74, 6) is -0.361. The number of nitrogens with zero attached hydrogens (tertiary/aromatic N) is 1. The Morgan fingerprint density at radius 3 is 2.35 bits per heavy atom. The van der Waals surface area contributed by atoms with Gasteiger partial charge in [-0.15, -0.1) is 0 Å². The third-order valence-electron chi connectivity index (χ3n) is 3.19. The summed E-state index contributed by atoms with van der Waals surface area (Å²) < 4.78 is 5.22. The van der Waals surface area contributed by atoms with E-state index in [-0.39, 0.29) is 31.6 Å². The Bertz CT molecular complexity index is 419. The summed E-state index contributed by atoms with van der Waals surface area (Å²) in [6.07, 6.45) is 0. The van der Waals surface area contributed by atoms with E-state index in [0.717, 1.165) is 5.56 Å². The van der Waals surface area contributed by atoms with Crippen LogP contribution in [0.3, 0.4) is 0 Å². The standard InChI is InChI=1S/C14H22NO4.ClH/c1-15(6-8-16,7-9-17)11-12-4-3-5-13(10-12)14(18)19-2;/h3-5,10,16-17H,6-9,11H2,1-2H3;1H/q+1;/p-1. The Balaban J connectivity index is 0.00000361. The first-order valence-electron chi connectivity index (χ1n) is 6.27. The number of aliphatic hydroxyl groups is 2. The molecule has 1 rings (SSSR count). The third-order valence-corrected chi connectivity index (χ3v) is 3.19. The molecule has 0 saturated carbocycles. The first-order valence-corrected chi connectivity index (χ1v) is 6.27. The molecule has 0 heterocycles. The van der Waals surface area contributed by atoms with Crippen LogP contribution in [-0.4, -0.2) is 61.1 Å². The van der Waals surface area contributed by atoms with Crippen LogP contribution in [0.25, 0.3) is 0 Å². The summed E-state index contributed by atoms with van der Waals surface area (Å²) in [5.41, 5.74) is 1.49. The second kappa shape index (κ2) is 8.92. The molecule has 0 aromatic heterocycles. The zero-order valence-corrected chi connectivity index (χ0v) is 12.6. The number of likely N-dealkylation sites (N-methyl/N-ethyl adjacent to an activating group) is 1. The molecule has 6 heteroatoms. The van der Waals surface area contributed by atoms with Crippen molar-refractivity contribution in [3.05, 3.63) is 35.4 Å². The van der Waals surface area contributed by atoms with E-state index in [1.165, 1.54) is 7.11 Å². The average Bonchev–Trinajstić information content (AvgIpc) is 2.38. The van der Waals surface area contributed by atoms with E-state index >= 15 is 0 Å². The molecule has 1 aromatic carbocycles. The lowest BCUT2D eigenvalue weighted by atomic mass is 10.1. The fourth-order valence-corrected chi connectivity index (χ4v) is 2.11. The predicted octanol–water partition coefficient (Wildman–Crippen LogP) is -2.59. The molecule has 0 bridgehead atoms. The molecule has 0 fully saturated rings. The molecule has 0 aliphatic rings. The van der Waals surface area contributed by atoms with Crippen LogP contribution in [0.1, 0.15) is 15.9 Å². The topological polar surface area (TPSA) is 66.8 Å². The highest BCUT2D eigenvalue weighted by molar-refractivity contribution is 5.89. The van der Waals surface area contributed by atoms with Gasteiger partial charge in [0.05, 0.1) is 32.9 Å². The van der Waals surface area contributed by atoms with Crippen molar-refractivity contribution in [3.63, 3.8) is 0 Å². The maximum Gasteiger partial charge on any atom is 0.337 e. The minimum atomic E-state index is -0.361. The lowest BCUT2D eigenvalue weighted by Crippen LogP contribution is -3.00. The van der Waals surface area contributed by atoms with E-state index in [1.807, 2.05) is 19.2 Å². The maximum absolute atomic E-state index is 11.5. The van der Waals surface area contributed by atoms with Gasteiger partial charge in [-0.25, -0.2) is 4.79 Å². The van der Waals surface area contributed by atoms with E-state index < -0.39 is 0 Å². The van der Waals surface area contributed by atoms with Crippen LogP contribution in [0.15, 0.2) is 24.3 Å². The Hall–Kier alpha value is -1.14. The zero-order chi connectivity index (χ0) is 14.3. The van der Waals surface area contributed by atoms with Crippen molar-refractivity contribution in [2.75, 3.05) is 40.5 Å². The van der Waals surface area contributed by atoms with Crippen molar-refractivity contribution in [1.82, 2.24) is 0 Å². The fourth-order valence-electron chi connectivity index (χ4n) is 2.11. The van der Waals surface area contributed by atoms with Gasteiger partial charge in [0.2, 0.25) is 0 Å². The fraction of sp³-hybridized carbons (Fsp3) is 0.500. The summed E-state index contributed by atoms with van der Waals surface area (Å²) in [6.45, 7) is 1.89. The second-order valence-corrected chi connectivity index (χ2v) is 4.86. The number of carbonyl (C=O) groups is 1. The highest BCUT2D eigenvalue weighted by Crippen LogP contribution is 2.14. The van der Waals surface area contributed by atoms with Crippen molar-refractivity contribution >= 4 is 5.97 Å². The predicted molar refractivity (Wildman–Crippen MR) is 71.6 cm³/mol. The van der Waals surface area contributed by atoms with Gasteiger partial charge in [-0.1, -0.05) is 12.1 Å². The molecule has 0 unspecified atom stereocenters. The van der Waals surface area contributed by atoms with Gasteiger partial charge in [0.15, 0.2) is 0 Å². The lowest BCUT2D eigenvalue weighted by molar-refractivity contribution is -0.923. The van der Waals surface area contributed by atoms with E-state index in [0.29, 0.717) is 29.7 Å². The quantitative estimate of drug-likeness (QED) is 0.429. The highest BCUT2D eigenvalue weighted by atomic mass is 35.5. The number of esters is 1. The molecule has 0 spiro atoms. The normalized spacial score (nSPS) is 10.8. The molecular weight excluding hydrogens is 282 g/mol. The molecule has 0 radical (unpaired) electrons. The number of hydrogen-bond acceptors (Lipinski definition) is 4. The van der Waals surface area contributed by atoms with Crippen LogP contribution in [0.2, 0.25) is 0 Å². The first-order chi connectivity index (χ1) is 9.04. The smallest absolute Gasteiger partial charge is 0.337 e. The summed E-state index contributed by atoms with van der Waals surface area (Å²) in [5, 5.41) is 18.2. The van der Waals surface area contributed by atoms with Crippen LogP contribution in [-0.2, 0) is 11.3 Å². The summed E-state index contributed by atoms with van der Waals surface area (Å²) in [7, 11) is 3.32. The van der Waals surface area contributed by atoms with Gasteiger partial charge in [0.25, 0.3) is 0 Å². The lowest BCUT2D eigenvalue weighted by Gasteiger charge is -2.33. The van der Waals surface area contributed by atoms with Crippen molar-refractivity contribution in [1.29, 1.82) is 0 Å². The van der Waals surface area contributed by atoms with Crippen LogP contribution >= 0.6 is 0 Å². The number of rotatable bonds is 7. The molecule has 0 aliphatic carbocycles. The Kier molecular flexibility index (Phi) is 8.41. The second-order valence-electron chi connectivity index (χ2n) is 4.86. The highest BCUT2D eigenvalue weighted by Gasteiger charge is 2.21. The van der Waals surface area contributed by atoms with Gasteiger partial charge in [-0.2, -0.15) is 0 Å². The number of carbonyl (C=O) groups excluding carboxylic acids is 1. The Morgan fingerprint density at radius 1 is 1.25 bits per heavy atom. The Morgan fingerprint density at radius 2 is 1.85 bits per heavy atom. The van der Waals surface area contributed by atoms with Gasteiger partial charge in [0, 0.05) is 5.56 Å². The molecular formula is C14H22ClNO4. The number of ether oxygens (including phenoxy) is 1. The molecule has 0 atom stereocenters. The largest absolute Gasteiger partial charge is 1.00 e. The molecule has 114 valence electrons. The van der Waals surface area contributed by atoms with E-state index in [4.69, 9.17) is 14.9 Å². The van der Waals surface area contributed by atoms with Gasteiger partial charge in [-0.3, -0.25) is 0 Å². The average molecular weight is 304 g/mol. The SMILES string of the molecule is COC(=O)c1cccc(C[N+](C)(CCO)CCO)c1.[Cl-]. The minimum absolute atomic E-state index is 0. The number of benzene rings is 1. The number of methoxy groups -OCH3 is 1. The van der Waals surface area contributed by atoms with Gasteiger partial charge < -0.3 is 31.8 Å². The number of hydrogen-bond donors (Lipinski definition) is 2. The van der Waals surface area contributed by atoms with Crippen molar-refractivity contribution in [2.24, 2.45) is 0 Å². The zero-order valence-electron chi connectivity index (χ0n) is 11.9. The van der Waals surface area contributed by atoms with Crippen LogP contribution in [0, 0.1) is 0 Å². The van der Waals surface area contributed by atoms with Crippen LogP contribution < -0.4 is 12.4 Å². The van der Waals surface area contributed by atoms with Crippen molar-refractivity contribution < 1.29 is 36.6 Å². The minimum Gasteiger partial charge on any atom is -1.00 e. The number of aliphatic hydroxyl groups excluding tert-OH is 2. The molecule has 5 nitrogen and oxygen atoms in total. The van der Waals surface area contributed by atoms with E-state index in [2.05, 4.69) is 0 Å². The Labute approximate surface area is 125 Å². The van der Waals surface area contributed by atoms with Crippen molar-refractivity contribution in [2.45, 2.75) is 6.54 Å². The summed E-state index contributed by atoms with van der Waals surface area (Å²) in [4.78, 5) is 11.5. The summed E-state index contributed by atoms with van der Waals surface area (Å²) >= 11 is 0. The number of quaternary nitrogens is 1. The first kappa shape index (κ1) is 18.9. The van der Waals surface area contributed by atoms with Gasteiger partial charge in [0.1, 0.15) is 19.6 Å². The van der Waals surface area contributed by atoms with Crippen molar-refractivity contribution in [3.8, 4) is 0 Å². The van der Waals surface area contributed by atoms with Gasteiger partial charge in [-0.05, 0) is 12.1 Å². The maximum atomic E-state index is 11.5.